The molecule has 0 aliphatic rings. The minimum Gasteiger partial charge on any atom is -0.308 e. The highest BCUT2D eigenvalue weighted by molar-refractivity contribution is 6.30. The van der Waals surface area contributed by atoms with Gasteiger partial charge in [-0.15, -0.1) is 0 Å². The highest BCUT2D eigenvalue weighted by Crippen LogP contribution is 2.44. The summed E-state index contributed by atoms with van der Waals surface area (Å²) >= 11 is 6.35. The van der Waals surface area contributed by atoms with Crippen LogP contribution in [0.2, 0.25) is 5.02 Å². The first-order chi connectivity index (χ1) is 14.8. The van der Waals surface area contributed by atoms with Crippen LogP contribution in [0.5, 0.6) is 0 Å². The number of fused-ring (bicyclic) bond motifs is 1. The van der Waals surface area contributed by atoms with Crippen molar-refractivity contribution in [2.45, 2.75) is 0 Å². The summed E-state index contributed by atoms with van der Waals surface area (Å²) < 4.78 is 2.11. The molecule has 6 heteroatoms. The third kappa shape index (κ3) is 3.01. The number of hydrogen-bond acceptors (Lipinski definition) is 4. The molecular weight excluding hydrogens is 394 g/mol. The zero-order valence-corrected chi connectivity index (χ0v) is 16.7. The molecule has 0 saturated carbocycles. The van der Waals surface area contributed by atoms with Crippen LogP contribution in [0.4, 0.5) is 5.82 Å². The molecule has 3 N–H and O–H groups in total. The Morgan fingerprint density at radius 1 is 0.800 bits per heavy atom. The second-order valence-electron chi connectivity index (χ2n) is 6.84. The van der Waals surface area contributed by atoms with Crippen molar-refractivity contribution in [3.05, 3.63) is 96.3 Å². The molecule has 5 aromatic rings. The van der Waals surface area contributed by atoms with Crippen LogP contribution in [-0.2, 0) is 0 Å². The monoisotopic (exact) mass is 411 g/mol. The molecule has 0 atom stereocenters. The van der Waals surface area contributed by atoms with E-state index in [4.69, 9.17) is 17.4 Å². The predicted octanol–water partition coefficient (Wildman–Crippen LogP) is 5.69. The van der Waals surface area contributed by atoms with E-state index in [0.29, 0.717) is 10.8 Å². The van der Waals surface area contributed by atoms with E-state index in [2.05, 4.69) is 44.2 Å². The molecule has 2 aromatic heterocycles. The van der Waals surface area contributed by atoms with Gasteiger partial charge in [0.25, 0.3) is 0 Å². The van der Waals surface area contributed by atoms with Gasteiger partial charge in [0.05, 0.1) is 11.1 Å². The third-order valence-corrected chi connectivity index (χ3v) is 5.30. The molecule has 0 bridgehead atoms. The van der Waals surface area contributed by atoms with E-state index in [9.17, 15) is 0 Å². The summed E-state index contributed by atoms with van der Waals surface area (Å²) in [6, 6.07) is 28.2. The molecule has 3 aromatic carbocycles. The topological polar surface area (TPSA) is 68.8 Å². The molecule has 0 aliphatic heterocycles. The zero-order chi connectivity index (χ0) is 20.5. The van der Waals surface area contributed by atoms with E-state index in [1.54, 1.807) is 0 Å². The van der Waals surface area contributed by atoms with Gasteiger partial charge in [0.2, 0.25) is 0 Å². The molecule has 30 heavy (non-hydrogen) atoms. The lowest BCUT2D eigenvalue weighted by Crippen LogP contribution is -2.09. The molecule has 0 fully saturated rings. The Bertz CT molecular complexity index is 1330. The number of nitrogens with zero attached hydrogens (tertiary/aromatic N) is 3. The van der Waals surface area contributed by atoms with Crippen molar-refractivity contribution < 1.29 is 0 Å². The Kier molecular flexibility index (Phi) is 4.67. The SMILES string of the molecule is NNc1ncnc2c1c(-c1ccccc1)c(-c1ccccc1)n2-c1cccc(Cl)c1. The van der Waals surface area contributed by atoms with Gasteiger partial charge in [0, 0.05) is 16.3 Å². The molecule has 0 saturated heterocycles. The zero-order valence-electron chi connectivity index (χ0n) is 16.0. The smallest absolute Gasteiger partial charge is 0.153 e. The minimum atomic E-state index is 0.566. The molecule has 0 amide bonds. The normalized spacial score (nSPS) is 11.0. The molecule has 0 aliphatic carbocycles. The fourth-order valence-corrected chi connectivity index (χ4v) is 4.03. The van der Waals surface area contributed by atoms with Gasteiger partial charge < -0.3 is 5.43 Å². The van der Waals surface area contributed by atoms with Crippen LogP contribution in [0.25, 0.3) is 39.1 Å². The lowest BCUT2D eigenvalue weighted by molar-refractivity contribution is 1.08. The van der Waals surface area contributed by atoms with Crippen LogP contribution < -0.4 is 11.3 Å². The molecule has 0 unspecified atom stereocenters. The molecule has 0 spiro atoms. The van der Waals surface area contributed by atoms with Crippen molar-refractivity contribution in [3.8, 4) is 28.1 Å². The fraction of sp³-hybridized carbons (Fsp3) is 0. The highest BCUT2D eigenvalue weighted by atomic mass is 35.5. The number of halogens is 1. The molecule has 5 rings (SSSR count). The number of aromatic nitrogens is 3. The number of nitrogens with two attached hydrogens (primary N) is 1. The van der Waals surface area contributed by atoms with E-state index in [-0.39, 0.29) is 0 Å². The summed E-state index contributed by atoms with van der Waals surface area (Å²) in [5.74, 6) is 6.42. The summed E-state index contributed by atoms with van der Waals surface area (Å²) in [5, 5.41) is 1.51. The van der Waals surface area contributed by atoms with E-state index in [1.165, 1.54) is 6.33 Å². The predicted molar refractivity (Wildman–Crippen MR) is 123 cm³/mol. The molecule has 5 nitrogen and oxygen atoms in total. The number of nitrogen functional groups attached to an aromatic ring is 1. The number of hydrazine groups is 1. The summed E-state index contributed by atoms with van der Waals surface area (Å²) in [7, 11) is 0. The van der Waals surface area contributed by atoms with Crippen LogP contribution in [0.15, 0.2) is 91.3 Å². The Balaban J connectivity index is 2.01. The van der Waals surface area contributed by atoms with E-state index in [0.717, 1.165) is 39.1 Å². The highest BCUT2D eigenvalue weighted by Gasteiger charge is 2.24. The van der Waals surface area contributed by atoms with Crippen LogP contribution in [0, 0.1) is 0 Å². The quantitative estimate of drug-likeness (QED) is 0.294. The Morgan fingerprint density at radius 3 is 2.17 bits per heavy atom. The van der Waals surface area contributed by atoms with Crippen molar-refractivity contribution in [1.82, 2.24) is 14.5 Å². The maximum Gasteiger partial charge on any atom is 0.153 e. The van der Waals surface area contributed by atoms with Crippen LogP contribution >= 0.6 is 11.6 Å². The summed E-state index contributed by atoms with van der Waals surface area (Å²) in [5.41, 5.74) is 8.51. The summed E-state index contributed by atoms with van der Waals surface area (Å²) in [6.45, 7) is 0. The van der Waals surface area contributed by atoms with Crippen LogP contribution in [-0.4, -0.2) is 14.5 Å². The fourth-order valence-electron chi connectivity index (χ4n) is 3.84. The van der Waals surface area contributed by atoms with Gasteiger partial charge >= 0.3 is 0 Å². The number of hydrogen-bond donors (Lipinski definition) is 2. The first kappa shape index (κ1) is 18.4. The van der Waals surface area contributed by atoms with Crippen LogP contribution in [0.3, 0.4) is 0 Å². The Hall–Kier alpha value is -3.67. The minimum absolute atomic E-state index is 0.566. The maximum atomic E-state index is 6.35. The van der Waals surface area contributed by atoms with Crippen molar-refractivity contribution in [2.24, 2.45) is 5.84 Å². The van der Waals surface area contributed by atoms with Gasteiger partial charge in [-0.1, -0.05) is 78.3 Å². The Labute approximate surface area is 178 Å². The van der Waals surface area contributed by atoms with Gasteiger partial charge in [0.15, 0.2) is 11.5 Å². The third-order valence-electron chi connectivity index (χ3n) is 5.06. The number of benzene rings is 3. The molecular formula is C24H18ClN5. The van der Waals surface area contributed by atoms with Crippen molar-refractivity contribution in [1.29, 1.82) is 0 Å². The van der Waals surface area contributed by atoms with Gasteiger partial charge in [-0.05, 0) is 29.3 Å². The summed E-state index contributed by atoms with van der Waals surface area (Å²) in [4.78, 5) is 9.03. The van der Waals surface area contributed by atoms with Crippen molar-refractivity contribution >= 4 is 28.5 Å². The van der Waals surface area contributed by atoms with E-state index >= 15 is 0 Å². The van der Waals surface area contributed by atoms with Crippen LogP contribution in [0.1, 0.15) is 0 Å². The van der Waals surface area contributed by atoms with Gasteiger partial charge in [-0.3, -0.25) is 4.57 Å². The van der Waals surface area contributed by atoms with Gasteiger partial charge in [0.1, 0.15) is 6.33 Å². The molecule has 0 radical (unpaired) electrons. The van der Waals surface area contributed by atoms with Gasteiger partial charge in [-0.2, -0.15) is 0 Å². The summed E-state index contributed by atoms with van der Waals surface area (Å²) in [6.07, 6.45) is 1.52. The first-order valence-corrected chi connectivity index (χ1v) is 9.88. The second kappa shape index (κ2) is 7.63. The number of rotatable bonds is 4. The maximum absolute atomic E-state index is 6.35. The lowest BCUT2D eigenvalue weighted by Gasteiger charge is -2.13. The van der Waals surface area contributed by atoms with Gasteiger partial charge in [-0.25, -0.2) is 15.8 Å². The average molecular weight is 412 g/mol. The number of anilines is 1. The largest absolute Gasteiger partial charge is 0.308 e. The van der Waals surface area contributed by atoms with E-state index < -0.39 is 0 Å². The molecule has 146 valence electrons. The second-order valence-corrected chi connectivity index (χ2v) is 7.27. The number of nitrogens with one attached hydrogen (secondary N) is 1. The van der Waals surface area contributed by atoms with Crippen molar-refractivity contribution in [2.75, 3.05) is 5.43 Å². The molecule has 2 heterocycles. The van der Waals surface area contributed by atoms with E-state index in [1.807, 2.05) is 60.7 Å². The Morgan fingerprint density at radius 2 is 1.50 bits per heavy atom. The average Bonchev–Trinajstić information content (AvgIpc) is 3.15. The lowest BCUT2D eigenvalue weighted by atomic mass is 9.99. The standard InChI is InChI=1S/C24H18ClN5/c25-18-12-7-13-19(14-18)30-22(17-10-5-2-6-11-17)20(16-8-3-1-4-9-16)21-23(29-26)27-15-28-24(21)30/h1-15H,26H2,(H,27,28,29). The van der Waals surface area contributed by atoms with Crippen molar-refractivity contribution in [3.63, 3.8) is 0 Å². The first-order valence-electron chi connectivity index (χ1n) is 9.50.